The van der Waals surface area contributed by atoms with E-state index in [1.54, 1.807) is 23.1 Å². The van der Waals surface area contributed by atoms with Crippen LogP contribution in [0.2, 0.25) is 5.02 Å². The molecule has 0 bridgehead atoms. The molecule has 12 nitrogen and oxygen atoms in total. The Bertz CT molecular complexity index is 2210. The molecule has 13 heteroatoms. The number of carbonyl (C=O) groups is 4. The fraction of sp³-hybridized carbons (Fsp3) is 0.511. The van der Waals surface area contributed by atoms with Crippen LogP contribution in [0.25, 0.3) is 0 Å². The third kappa shape index (κ3) is 8.06. The number of benzene rings is 3. The molecule has 3 aromatic carbocycles. The monoisotopic (exact) mass is 833 g/mol. The van der Waals surface area contributed by atoms with Crippen LogP contribution in [0.4, 0.5) is 11.4 Å². The first-order valence-electron chi connectivity index (χ1n) is 21.7. The average molecular weight is 834 g/mol. The predicted molar refractivity (Wildman–Crippen MR) is 231 cm³/mol. The van der Waals surface area contributed by atoms with Gasteiger partial charge in [0.1, 0.15) is 24.0 Å². The van der Waals surface area contributed by atoms with Gasteiger partial charge in [-0.25, -0.2) is 0 Å². The molecule has 0 saturated carbocycles. The highest BCUT2D eigenvalue weighted by atomic mass is 35.5. The Hall–Kier alpha value is -5.12. The molecule has 1 unspecified atom stereocenters. The number of piperidine rings is 2. The Labute approximate surface area is 358 Å². The van der Waals surface area contributed by atoms with Gasteiger partial charge in [0.15, 0.2) is 0 Å². The topological polar surface area (TPSA) is 130 Å². The van der Waals surface area contributed by atoms with Crippen molar-refractivity contribution in [1.82, 2.24) is 20.0 Å². The lowest BCUT2D eigenvalue weighted by Gasteiger charge is -2.44. The second-order valence-corrected chi connectivity index (χ2v) is 18.2. The van der Waals surface area contributed by atoms with Crippen LogP contribution in [-0.4, -0.2) is 102 Å². The number of nitrogens with zero attached hydrogens (tertiary/aromatic N) is 6. The summed E-state index contributed by atoms with van der Waals surface area (Å²) in [7, 11) is 0. The van der Waals surface area contributed by atoms with Crippen molar-refractivity contribution in [2.75, 3.05) is 55.6 Å². The van der Waals surface area contributed by atoms with Crippen molar-refractivity contribution in [3.05, 3.63) is 87.4 Å². The summed E-state index contributed by atoms with van der Waals surface area (Å²) in [5.74, 6) is 0.526. The van der Waals surface area contributed by atoms with E-state index in [0.717, 1.165) is 93.9 Å². The minimum Gasteiger partial charge on any atom is -0.490 e. The average Bonchev–Trinajstić information content (AvgIpc) is 3.74. The standard InChI is InChI=1S/C47H56ClN7O5/c1-5-41(47(3,4)42(6-2)60-36-10-7-31(26-49)39(48)25-36)55-29-33-24-35(9-12-38(33)46(55)59)53-21-19-51(20-22-53)27-30-15-17-52(18-16-30)34-8-11-37-32(23-34)28-54(45(37)58)40-13-14-43(56)50-44(40)57/h7-12,23-25,30,40-42H,5-6,13-22,27-29H2,1-4H3,(H,50,56,57)/t40?,41-,42-/m1/s1. The maximum Gasteiger partial charge on any atom is 0.255 e. The molecule has 3 atom stereocenters. The Balaban J connectivity index is 0.823. The molecule has 3 aromatic rings. The summed E-state index contributed by atoms with van der Waals surface area (Å²) in [5.41, 5.74) is 5.80. The molecule has 4 amide bonds. The number of hydrogen-bond donors (Lipinski definition) is 1. The number of nitrogens with one attached hydrogen (secondary N) is 1. The summed E-state index contributed by atoms with van der Waals surface area (Å²) in [6.07, 6.45) is 4.20. The molecule has 3 fully saturated rings. The molecule has 5 aliphatic rings. The summed E-state index contributed by atoms with van der Waals surface area (Å²) < 4.78 is 6.51. The molecule has 316 valence electrons. The lowest BCUT2D eigenvalue weighted by atomic mass is 9.75. The number of piperazine rings is 1. The fourth-order valence-electron chi connectivity index (χ4n) is 10.4. The number of nitriles is 1. The zero-order valence-electron chi connectivity index (χ0n) is 35.2. The van der Waals surface area contributed by atoms with E-state index in [0.29, 0.717) is 47.3 Å². The number of ether oxygens (including phenoxy) is 1. The summed E-state index contributed by atoms with van der Waals surface area (Å²) in [5, 5.41) is 12.1. The maximum atomic E-state index is 14.0. The van der Waals surface area contributed by atoms with Crippen LogP contribution in [0, 0.1) is 22.7 Å². The minimum absolute atomic E-state index is 0.0491. The van der Waals surface area contributed by atoms with Crippen molar-refractivity contribution in [2.45, 2.75) is 97.5 Å². The number of halogens is 1. The molecule has 0 aliphatic carbocycles. The molecule has 0 aromatic heterocycles. The van der Waals surface area contributed by atoms with Crippen molar-refractivity contribution in [1.29, 1.82) is 5.26 Å². The number of fused-ring (bicyclic) bond motifs is 2. The van der Waals surface area contributed by atoms with Gasteiger partial charge in [0, 0.05) is 105 Å². The van der Waals surface area contributed by atoms with E-state index < -0.39 is 6.04 Å². The summed E-state index contributed by atoms with van der Waals surface area (Å²) in [4.78, 5) is 62.4. The first-order valence-corrected chi connectivity index (χ1v) is 22.1. The van der Waals surface area contributed by atoms with Gasteiger partial charge in [-0.1, -0.05) is 39.3 Å². The molecule has 8 rings (SSSR count). The third-order valence-electron chi connectivity index (χ3n) is 13.8. The smallest absolute Gasteiger partial charge is 0.255 e. The Morgan fingerprint density at radius 1 is 0.817 bits per heavy atom. The van der Waals surface area contributed by atoms with E-state index in [-0.39, 0.29) is 47.6 Å². The van der Waals surface area contributed by atoms with Gasteiger partial charge in [-0.05, 0) is 97.7 Å². The minimum atomic E-state index is -0.601. The van der Waals surface area contributed by atoms with Crippen LogP contribution < -0.4 is 19.9 Å². The SMILES string of the molecule is CC[C@@H](Oc1ccc(C#N)c(Cl)c1)C(C)(C)[C@@H](CC)N1Cc2cc(N3CCN(CC4CCN(c5ccc6c(c5)CN(C5CCC(=O)NC5=O)C6=O)CC4)CC3)ccc2C1=O. The number of rotatable bonds is 12. The van der Waals surface area contributed by atoms with Crippen LogP contribution >= 0.6 is 11.6 Å². The van der Waals surface area contributed by atoms with Gasteiger partial charge in [-0.2, -0.15) is 5.26 Å². The second-order valence-electron chi connectivity index (χ2n) is 17.7. The quantitative estimate of drug-likeness (QED) is 0.200. The van der Waals surface area contributed by atoms with Gasteiger partial charge in [-0.3, -0.25) is 29.4 Å². The Kier molecular flexibility index (Phi) is 11.9. The predicted octanol–water partition coefficient (Wildman–Crippen LogP) is 6.63. The van der Waals surface area contributed by atoms with Crippen molar-refractivity contribution < 1.29 is 23.9 Å². The van der Waals surface area contributed by atoms with E-state index in [1.807, 2.05) is 23.1 Å². The van der Waals surface area contributed by atoms with Crippen LogP contribution in [0.15, 0.2) is 54.6 Å². The molecular formula is C47H56ClN7O5. The number of hydrogen-bond acceptors (Lipinski definition) is 9. The maximum absolute atomic E-state index is 14.0. The van der Waals surface area contributed by atoms with E-state index in [4.69, 9.17) is 16.3 Å². The third-order valence-corrected chi connectivity index (χ3v) is 14.1. The van der Waals surface area contributed by atoms with Crippen molar-refractivity contribution in [3.8, 4) is 11.8 Å². The summed E-state index contributed by atoms with van der Waals surface area (Å²) in [6, 6.07) is 19.0. The molecule has 5 heterocycles. The zero-order chi connectivity index (χ0) is 42.3. The van der Waals surface area contributed by atoms with Crippen LogP contribution in [0.5, 0.6) is 5.75 Å². The number of amides is 4. The zero-order valence-corrected chi connectivity index (χ0v) is 36.0. The molecule has 1 N–H and O–H groups in total. The van der Waals surface area contributed by atoms with Gasteiger partial charge in [0.05, 0.1) is 10.6 Å². The number of carbonyl (C=O) groups excluding carboxylic acids is 4. The van der Waals surface area contributed by atoms with Crippen molar-refractivity contribution in [2.24, 2.45) is 11.3 Å². The summed E-state index contributed by atoms with van der Waals surface area (Å²) >= 11 is 6.33. The highest BCUT2D eigenvalue weighted by Crippen LogP contribution is 2.41. The van der Waals surface area contributed by atoms with E-state index >= 15 is 0 Å². The van der Waals surface area contributed by atoms with Gasteiger partial charge < -0.3 is 24.3 Å². The highest BCUT2D eigenvalue weighted by Gasteiger charge is 2.45. The lowest BCUT2D eigenvalue weighted by Crippen LogP contribution is -2.52. The van der Waals surface area contributed by atoms with Gasteiger partial charge >= 0.3 is 0 Å². The summed E-state index contributed by atoms with van der Waals surface area (Å²) in [6.45, 7) is 16.5. The number of anilines is 2. The first-order chi connectivity index (χ1) is 28.9. The van der Waals surface area contributed by atoms with Crippen molar-refractivity contribution in [3.63, 3.8) is 0 Å². The fourth-order valence-corrected chi connectivity index (χ4v) is 10.6. The molecular weight excluding hydrogens is 778 g/mol. The van der Waals surface area contributed by atoms with E-state index in [9.17, 15) is 24.4 Å². The molecule has 60 heavy (non-hydrogen) atoms. The molecule has 3 saturated heterocycles. The van der Waals surface area contributed by atoms with Crippen LogP contribution in [0.1, 0.15) is 104 Å². The van der Waals surface area contributed by atoms with Gasteiger partial charge in [0.25, 0.3) is 11.8 Å². The second kappa shape index (κ2) is 17.1. The largest absolute Gasteiger partial charge is 0.490 e. The van der Waals surface area contributed by atoms with Crippen LogP contribution in [0.3, 0.4) is 0 Å². The van der Waals surface area contributed by atoms with E-state index in [2.05, 4.69) is 72.0 Å². The Morgan fingerprint density at radius 2 is 1.47 bits per heavy atom. The molecule has 0 radical (unpaired) electrons. The Morgan fingerprint density at radius 3 is 2.08 bits per heavy atom. The molecule has 0 spiro atoms. The van der Waals surface area contributed by atoms with Crippen molar-refractivity contribution >= 4 is 46.6 Å². The van der Waals surface area contributed by atoms with E-state index in [1.165, 1.54) is 5.69 Å². The van der Waals surface area contributed by atoms with Crippen LogP contribution in [-0.2, 0) is 22.7 Å². The molecule has 5 aliphatic heterocycles. The highest BCUT2D eigenvalue weighted by molar-refractivity contribution is 6.31. The normalized spacial score (nSPS) is 21.2. The van der Waals surface area contributed by atoms with Gasteiger partial charge in [-0.15, -0.1) is 0 Å². The number of imide groups is 1. The van der Waals surface area contributed by atoms with Gasteiger partial charge in [0.2, 0.25) is 11.8 Å². The lowest BCUT2D eigenvalue weighted by molar-refractivity contribution is -0.136. The first kappa shape index (κ1) is 41.6.